The number of aliphatic hydroxyl groups is 1. The molecule has 142 valence electrons. The van der Waals surface area contributed by atoms with Gasteiger partial charge in [0.2, 0.25) is 0 Å². The van der Waals surface area contributed by atoms with E-state index in [-0.39, 0.29) is 19.0 Å². The molecule has 0 radical (unpaired) electrons. The van der Waals surface area contributed by atoms with Gasteiger partial charge in [-0.3, -0.25) is 0 Å². The molecule has 0 amide bonds. The Hall–Kier alpha value is -2.58. The topological polar surface area (TPSA) is 56.5 Å². The first-order valence-electron chi connectivity index (χ1n) is 9.10. The quantitative estimate of drug-likeness (QED) is 0.753. The third kappa shape index (κ3) is 3.26. The second-order valence-corrected chi connectivity index (χ2v) is 6.37. The van der Waals surface area contributed by atoms with Gasteiger partial charge in [-0.1, -0.05) is 12.1 Å². The minimum atomic E-state index is -4.50. The molecule has 8 heteroatoms. The average Bonchev–Trinajstić information content (AvgIpc) is 3.08. The summed E-state index contributed by atoms with van der Waals surface area (Å²) < 4.78 is 67.1. The van der Waals surface area contributed by atoms with E-state index in [4.69, 9.17) is 12.2 Å². The molecule has 1 fully saturated rings. The number of ether oxygens (including phenoxy) is 2. The first-order chi connectivity index (χ1) is 13.6. The van der Waals surface area contributed by atoms with Gasteiger partial charge >= 0.3 is 6.18 Å². The minimum Gasteiger partial charge on any atom is -0.496 e. The van der Waals surface area contributed by atoms with Crippen LogP contribution in [0.4, 0.5) is 13.2 Å². The van der Waals surface area contributed by atoms with E-state index >= 15 is 0 Å². The second-order valence-electron chi connectivity index (χ2n) is 6.37. The fraction of sp³-hybridized carbons (Fsp3) is 0.316. The summed E-state index contributed by atoms with van der Waals surface area (Å²) in [5.41, 5.74) is -0.711. The predicted molar refractivity (Wildman–Crippen MR) is 92.5 cm³/mol. The number of nitrogens with zero attached hydrogens (tertiary/aromatic N) is 2. The molecule has 1 aromatic heterocycles. The maximum atomic E-state index is 13.0. The van der Waals surface area contributed by atoms with Crippen molar-refractivity contribution in [2.45, 2.75) is 18.3 Å². The highest BCUT2D eigenvalue weighted by Crippen LogP contribution is 2.37. The molecule has 1 aliphatic rings. The van der Waals surface area contributed by atoms with Crippen LogP contribution >= 0.6 is 0 Å². The van der Waals surface area contributed by atoms with Gasteiger partial charge in [0.25, 0.3) is 0 Å². The molecule has 1 N–H and O–H groups in total. The lowest BCUT2D eigenvalue weighted by Crippen LogP contribution is -2.52. The first kappa shape index (κ1) is 15.5. The summed E-state index contributed by atoms with van der Waals surface area (Å²) in [4.78, 5) is 4.17. The SMILES string of the molecule is [2H]C([2H])(n1cnc2ccc(-c3ccc(C(F)(F)F)cc3OC)cc21)C1(O)COC1. The number of aromatic nitrogens is 2. The van der Waals surface area contributed by atoms with Crippen molar-refractivity contribution in [1.82, 2.24) is 9.55 Å². The Balaban J connectivity index is 1.83. The van der Waals surface area contributed by atoms with Gasteiger partial charge in [0.1, 0.15) is 11.4 Å². The molecule has 0 atom stereocenters. The molecule has 1 saturated heterocycles. The van der Waals surface area contributed by atoms with E-state index in [2.05, 4.69) is 4.98 Å². The number of alkyl halides is 3. The van der Waals surface area contributed by atoms with Gasteiger partial charge in [0, 0.05) is 5.56 Å². The Labute approximate surface area is 155 Å². The Morgan fingerprint density at radius 1 is 1.30 bits per heavy atom. The fourth-order valence-electron chi connectivity index (χ4n) is 2.95. The van der Waals surface area contributed by atoms with Gasteiger partial charge in [-0.2, -0.15) is 13.2 Å². The van der Waals surface area contributed by atoms with Crippen LogP contribution in [0.25, 0.3) is 22.2 Å². The zero-order valence-corrected chi connectivity index (χ0v) is 14.2. The summed E-state index contributed by atoms with van der Waals surface area (Å²) in [5.74, 6) is 0.0410. The fourth-order valence-corrected chi connectivity index (χ4v) is 2.95. The van der Waals surface area contributed by atoms with E-state index in [1.54, 1.807) is 18.2 Å². The number of methoxy groups -OCH3 is 1. The van der Waals surface area contributed by atoms with Crippen molar-refractivity contribution in [2.24, 2.45) is 0 Å². The number of benzene rings is 2. The van der Waals surface area contributed by atoms with E-state index in [9.17, 15) is 18.3 Å². The van der Waals surface area contributed by atoms with Crippen LogP contribution in [-0.4, -0.2) is 40.6 Å². The predicted octanol–water partition coefficient (Wildman–Crippen LogP) is 3.49. The summed E-state index contributed by atoms with van der Waals surface area (Å²) >= 11 is 0. The first-order valence-corrected chi connectivity index (χ1v) is 8.10. The van der Waals surface area contributed by atoms with Gasteiger partial charge in [-0.15, -0.1) is 0 Å². The van der Waals surface area contributed by atoms with Crippen LogP contribution in [0.2, 0.25) is 0 Å². The Bertz CT molecular complexity index is 1080. The van der Waals surface area contributed by atoms with Gasteiger partial charge in [0.05, 0.1) is 52.5 Å². The Morgan fingerprint density at radius 3 is 2.70 bits per heavy atom. The van der Waals surface area contributed by atoms with Crippen LogP contribution in [0.5, 0.6) is 5.75 Å². The second kappa shape index (κ2) is 6.24. The highest BCUT2D eigenvalue weighted by Gasteiger charge is 2.36. The van der Waals surface area contributed by atoms with Crippen molar-refractivity contribution >= 4 is 11.0 Å². The van der Waals surface area contributed by atoms with Gasteiger partial charge in [-0.25, -0.2) is 4.98 Å². The number of rotatable bonds is 4. The van der Waals surface area contributed by atoms with Gasteiger partial charge in [-0.05, 0) is 29.8 Å². The molecule has 0 saturated carbocycles. The Kier molecular flexibility index (Phi) is 3.58. The lowest BCUT2D eigenvalue weighted by molar-refractivity contribution is -0.184. The van der Waals surface area contributed by atoms with Gasteiger partial charge in [0.15, 0.2) is 0 Å². The molecule has 0 aliphatic carbocycles. The standard InChI is InChI=1S/C19H17F3N2O3/c1-26-17-7-13(19(20,21)22)3-4-14(17)12-2-5-15-16(6-12)24(11-23-15)8-18(25)9-27-10-18/h2-7,11,25H,8-10H2,1H3/i8D2. The van der Waals surface area contributed by atoms with E-state index in [1.165, 1.54) is 24.1 Å². The summed E-state index contributed by atoms with van der Waals surface area (Å²) in [6.45, 7) is -2.49. The molecule has 4 rings (SSSR count). The van der Waals surface area contributed by atoms with Gasteiger partial charge < -0.3 is 19.1 Å². The lowest BCUT2D eigenvalue weighted by atomic mass is 10.0. The van der Waals surface area contributed by atoms with E-state index in [0.717, 1.165) is 12.1 Å². The molecule has 0 bridgehead atoms. The molecule has 2 heterocycles. The largest absolute Gasteiger partial charge is 0.496 e. The zero-order chi connectivity index (χ0) is 21.0. The molecule has 3 aromatic rings. The monoisotopic (exact) mass is 380 g/mol. The van der Waals surface area contributed by atoms with Crippen molar-refractivity contribution in [3.05, 3.63) is 48.3 Å². The summed E-state index contributed by atoms with van der Waals surface area (Å²) in [6.07, 6.45) is -3.21. The van der Waals surface area contributed by atoms with E-state index in [1.807, 2.05) is 0 Å². The van der Waals surface area contributed by atoms with Crippen molar-refractivity contribution in [3.63, 3.8) is 0 Å². The average molecular weight is 380 g/mol. The highest BCUT2D eigenvalue weighted by atomic mass is 19.4. The maximum absolute atomic E-state index is 13.0. The third-order valence-corrected chi connectivity index (χ3v) is 4.40. The van der Waals surface area contributed by atoms with E-state index < -0.39 is 23.8 Å². The number of halogens is 3. The molecule has 0 spiro atoms. The van der Waals surface area contributed by atoms with Crippen LogP contribution in [0.15, 0.2) is 42.7 Å². The number of fused-ring (bicyclic) bond motifs is 1. The minimum absolute atomic E-state index is 0.0410. The molecule has 1 aliphatic heterocycles. The summed E-state index contributed by atoms with van der Waals surface area (Å²) in [6, 6.07) is 8.11. The molecular formula is C19H17F3N2O3. The summed E-state index contributed by atoms with van der Waals surface area (Å²) in [5, 5.41) is 10.5. The molecule has 2 aromatic carbocycles. The van der Waals surface area contributed by atoms with Crippen LogP contribution in [0, 0.1) is 0 Å². The third-order valence-electron chi connectivity index (χ3n) is 4.40. The smallest absolute Gasteiger partial charge is 0.416 e. The number of hydrogen-bond donors (Lipinski definition) is 1. The summed E-state index contributed by atoms with van der Waals surface area (Å²) in [7, 11) is 1.28. The Morgan fingerprint density at radius 2 is 2.07 bits per heavy atom. The normalized spacial score (nSPS) is 18.0. The van der Waals surface area contributed by atoms with E-state index in [0.29, 0.717) is 22.2 Å². The van der Waals surface area contributed by atoms with Crippen LogP contribution in [0.3, 0.4) is 0 Å². The van der Waals surface area contributed by atoms with Crippen molar-refractivity contribution in [3.8, 4) is 16.9 Å². The van der Waals surface area contributed by atoms with Crippen molar-refractivity contribution in [2.75, 3.05) is 20.3 Å². The molecule has 27 heavy (non-hydrogen) atoms. The number of imidazole rings is 1. The molecule has 5 nitrogen and oxygen atoms in total. The van der Waals surface area contributed by atoms with Crippen LogP contribution in [0.1, 0.15) is 8.30 Å². The zero-order valence-electron chi connectivity index (χ0n) is 16.2. The lowest BCUT2D eigenvalue weighted by Gasteiger charge is -2.36. The maximum Gasteiger partial charge on any atom is 0.416 e. The highest BCUT2D eigenvalue weighted by molar-refractivity contribution is 5.84. The van der Waals surface area contributed by atoms with Crippen molar-refractivity contribution in [1.29, 1.82) is 0 Å². The molecular weight excluding hydrogens is 361 g/mol. The van der Waals surface area contributed by atoms with Crippen LogP contribution < -0.4 is 4.74 Å². The van der Waals surface area contributed by atoms with Crippen LogP contribution in [-0.2, 0) is 17.4 Å². The molecule has 0 unspecified atom stereocenters. The van der Waals surface area contributed by atoms with Crippen molar-refractivity contribution < 1.29 is 30.5 Å². The number of hydrogen-bond acceptors (Lipinski definition) is 4.